The fraction of sp³-hybridized carbons (Fsp3) is 0.190. The number of carboxylic acids is 1. The van der Waals surface area contributed by atoms with Gasteiger partial charge in [-0.05, 0) is 24.5 Å². The average Bonchev–Trinajstić information content (AvgIpc) is 3.54. The van der Waals surface area contributed by atoms with Crippen LogP contribution in [0.1, 0.15) is 40.8 Å². The monoisotopic (exact) mass is 393 g/mol. The van der Waals surface area contributed by atoms with Crippen LogP contribution >= 0.6 is 0 Å². The molecule has 0 spiro atoms. The minimum atomic E-state index is -1.37. The molecule has 2 aromatic carbocycles. The Bertz CT molecular complexity index is 1250. The van der Waals surface area contributed by atoms with Crippen LogP contribution in [0, 0.1) is 5.82 Å². The molecule has 1 unspecified atom stereocenters. The summed E-state index contributed by atoms with van der Waals surface area (Å²) in [7, 11) is 0. The minimum absolute atomic E-state index is 0.0492. The molecule has 2 heterocycles. The number of aromatic nitrogens is 1. The van der Waals surface area contributed by atoms with Gasteiger partial charge >= 0.3 is 5.97 Å². The summed E-state index contributed by atoms with van der Waals surface area (Å²) in [5.41, 5.74) is -0.254. The Morgan fingerprint density at radius 2 is 1.90 bits per heavy atom. The highest BCUT2D eigenvalue weighted by Crippen LogP contribution is 2.42. The summed E-state index contributed by atoms with van der Waals surface area (Å²) in [6.07, 6.45) is 2.78. The van der Waals surface area contributed by atoms with E-state index < -0.39 is 28.8 Å². The van der Waals surface area contributed by atoms with Crippen LogP contribution in [-0.4, -0.2) is 21.6 Å². The number of aromatic carboxylic acids is 1. The van der Waals surface area contributed by atoms with Crippen LogP contribution in [0.5, 0.6) is 0 Å². The van der Waals surface area contributed by atoms with E-state index in [1.165, 1.54) is 16.8 Å². The zero-order valence-electron chi connectivity index (χ0n) is 15.1. The van der Waals surface area contributed by atoms with Crippen molar-refractivity contribution in [3.63, 3.8) is 0 Å². The van der Waals surface area contributed by atoms with Gasteiger partial charge in [0.15, 0.2) is 5.82 Å². The Balaban J connectivity index is 1.75. The summed E-state index contributed by atoms with van der Waals surface area (Å²) >= 11 is 0. The highest BCUT2D eigenvalue weighted by molar-refractivity contribution is 6.07. The normalized spacial score (nSPS) is 18.1. The van der Waals surface area contributed by atoms with Crippen molar-refractivity contribution in [2.45, 2.75) is 24.9 Å². The van der Waals surface area contributed by atoms with E-state index >= 15 is 4.39 Å². The summed E-state index contributed by atoms with van der Waals surface area (Å²) < 4.78 is 17.1. The van der Waals surface area contributed by atoms with E-state index in [-0.39, 0.29) is 34.2 Å². The Hall–Kier alpha value is -3.68. The first-order valence-electron chi connectivity index (χ1n) is 9.22. The number of anilines is 2. The van der Waals surface area contributed by atoms with Gasteiger partial charge in [-0.25, -0.2) is 9.18 Å². The van der Waals surface area contributed by atoms with Crippen molar-refractivity contribution < 1.29 is 19.1 Å². The van der Waals surface area contributed by atoms with E-state index in [0.29, 0.717) is 5.56 Å². The molecule has 3 N–H and O–H groups in total. The summed E-state index contributed by atoms with van der Waals surface area (Å²) in [5.74, 6) is -2.44. The third-order valence-electron chi connectivity index (χ3n) is 5.37. The number of hydrogen-bond acceptors (Lipinski definition) is 4. The van der Waals surface area contributed by atoms with Crippen molar-refractivity contribution in [3.8, 4) is 0 Å². The molecule has 3 aromatic rings. The number of benzene rings is 2. The lowest BCUT2D eigenvalue weighted by Gasteiger charge is -2.28. The summed E-state index contributed by atoms with van der Waals surface area (Å²) in [4.78, 5) is 36.8. The summed E-state index contributed by atoms with van der Waals surface area (Å²) in [6, 6.07) is 9.44. The van der Waals surface area contributed by atoms with Gasteiger partial charge in [-0.2, -0.15) is 0 Å². The number of amides is 1. The molecule has 0 saturated heterocycles. The predicted molar refractivity (Wildman–Crippen MR) is 105 cm³/mol. The van der Waals surface area contributed by atoms with Gasteiger partial charge in [0, 0.05) is 12.2 Å². The van der Waals surface area contributed by atoms with Gasteiger partial charge < -0.3 is 20.3 Å². The Kier molecular flexibility index (Phi) is 3.70. The molecule has 29 heavy (non-hydrogen) atoms. The van der Waals surface area contributed by atoms with Crippen molar-refractivity contribution in [3.05, 3.63) is 69.8 Å². The quantitative estimate of drug-likeness (QED) is 0.634. The fourth-order valence-corrected chi connectivity index (χ4v) is 3.80. The third kappa shape index (κ3) is 2.67. The lowest BCUT2D eigenvalue weighted by atomic mass is 10.0. The zero-order valence-corrected chi connectivity index (χ0v) is 15.1. The molecule has 1 saturated carbocycles. The molecular formula is C21H16FN3O4. The van der Waals surface area contributed by atoms with Crippen LogP contribution in [0.25, 0.3) is 10.9 Å². The molecule has 1 aliphatic heterocycles. The van der Waals surface area contributed by atoms with Crippen LogP contribution in [0.3, 0.4) is 0 Å². The van der Waals surface area contributed by atoms with E-state index in [2.05, 4.69) is 10.6 Å². The Labute approximate surface area is 163 Å². The van der Waals surface area contributed by atoms with Crippen molar-refractivity contribution in [1.82, 2.24) is 4.57 Å². The predicted octanol–water partition coefficient (Wildman–Crippen LogP) is 3.28. The zero-order chi connectivity index (χ0) is 20.3. The van der Waals surface area contributed by atoms with E-state index in [9.17, 15) is 19.5 Å². The van der Waals surface area contributed by atoms with Gasteiger partial charge in [0.1, 0.15) is 11.6 Å². The van der Waals surface area contributed by atoms with Crippen molar-refractivity contribution >= 4 is 34.2 Å². The van der Waals surface area contributed by atoms with Crippen LogP contribution in [0.4, 0.5) is 15.8 Å². The van der Waals surface area contributed by atoms with Gasteiger partial charge in [-0.15, -0.1) is 0 Å². The maximum Gasteiger partial charge on any atom is 0.341 e. The van der Waals surface area contributed by atoms with Crippen molar-refractivity contribution in [2.24, 2.45) is 0 Å². The number of halogens is 1. The molecule has 8 heteroatoms. The topological polar surface area (TPSA) is 100 Å². The van der Waals surface area contributed by atoms with Crippen LogP contribution in [-0.2, 0) is 4.79 Å². The third-order valence-corrected chi connectivity index (χ3v) is 5.37. The second kappa shape index (κ2) is 6.16. The van der Waals surface area contributed by atoms with Crippen LogP contribution < -0.4 is 16.1 Å². The molecule has 146 valence electrons. The SMILES string of the molecule is O=C(O)c1cn(C2CC2)c2c(F)c3c(cc2c1=O)NC(=O)C(c1ccccc1)N3. The van der Waals surface area contributed by atoms with Gasteiger partial charge in [-0.3, -0.25) is 9.59 Å². The Morgan fingerprint density at radius 3 is 2.55 bits per heavy atom. The molecule has 1 atom stereocenters. The molecular weight excluding hydrogens is 377 g/mol. The highest BCUT2D eigenvalue weighted by atomic mass is 19.1. The van der Waals surface area contributed by atoms with E-state index in [1.54, 1.807) is 24.3 Å². The molecule has 5 rings (SSSR count). The number of carbonyl (C=O) groups excluding carboxylic acids is 1. The van der Waals surface area contributed by atoms with Crippen molar-refractivity contribution in [1.29, 1.82) is 0 Å². The Morgan fingerprint density at radius 1 is 1.17 bits per heavy atom. The van der Waals surface area contributed by atoms with E-state index in [4.69, 9.17) is 0 Å². The second-order valence-corrected chi connectivity index (χ2v) is 7.30. The number of pyridine rings is 1. The van der Waals surface area contributed by atoms with Gasteiger partial charge in [0.25, 0.3) is 5.91 Å². The van der Waals surface area contributed by atoms with Crippen LogP contribution in [0.15, 0.2) is 47.4 Å². The first-order valence-corrected chi connectivity index (χ1v) is 9.22. The summed E-state index contributed by atoms with van der Waals surface area (Å²) in [5, 5.41) is 14.9. The molecule has 1 amide bonds. The molecule has 1 fully saturated rings. The molecule has 0 radical (unpaired) electrons. The molecule has 2 aliphatic rings. The van der Waals surface area contributed by atoms with Crippen molar-refractivity contribution in [2.75, 3.05) is 10.6 Å². The number of rotatable bonds is 3. The fourth-order valence-electron chi connectivity index (χ4n) is 3.80. The van der Waals surface area contributed by atoms with E-state index in [0.717, 1.165) is 12.8 Å². The minimum Gasteiger partial charge on any atom is -0.477 e. The first kappa shape index (κ1) is 17.4. The molecule has 1 aromatic heterocycles. The standard InChI is InChI=1S/C21H16FN3O4/c22-15-17-14(23-20(27)16(24-17)10-4-2-1-3-5-10)8-12-18(15)25(11-6-7-11)9-13(19(12)26)21(28)29/h1-5,8-9,11,16,24H,6-7H2,(H,23,27)(H,28,29). The molecule has 1 aliphatic carbocycles. The number of fused-ring (bicyclic) bond motifs is 2. The largest absolute Gasteiger partial charge is 0.477 e. The number of nitrogens with zero attached hydrogens (tertiary/aromatic N) is 1. The highest BCUT2D eigenvalue weighted by Gasteiger charge is 2.33. The number of hydrogen-bond donors (Lipinski definition) is 3. The molecule has 0 bridgehead atoms. The lowest BCUT2D eigenvalue weighted by Crippen LogP contribution is -2.33. The van der Waals surface area contributed by atoms with E-state index in [1.807, 2.05) is 6.07 Å². The maximum atomic E-state index is 15.6. The van der Waals surface area contributed by atoms with Crippen LogP contribution in [0.2, 0.25) is 0 Å². The van der Waals surface area contributed by atoms with Gasteiger partial charge in [0.05, 0.1) is 22.3 Å². The average molecular weight is 393 g/mol. The number of carboxylic acid groups (broad SMARTS) is 1. The smallest absolute Gasteiger partial charge is 0.341 e. The second-order valence-electron chi connectivity index (χ2n) is 7.30. The summed E-state index contributed by atoms with van der Waals surface area (Å²) in [6.45, 7) is 0. The molecule has 7 nitrogen and oxygen atoms in total. The lowest BCUT2D eigenvalue weighted by molar-refractivity contribution is -0.117. The number of carbonyl (C=O) groups is 2. The first-order chi connectivity index (χ1) is 14.0. The number of nitrogens with one attached hydrogen (secondary N) is 2. The van der Waals surface area contributed by atoms with Gasteiger partial charge in [-0.1, -0.05) is 30.3 Å². The maximum absolute atomic E-state index is 15.6. The van der Waals surface area contributed by atoms with Gasteiger partial charge in [0.2, 0.25) is 5.43 Å².